The Hall–Kier alpha value is -2.51. The SMILES string of the molecule is CC(C)Oc1ccccc1N(C)c1nc(OC2CCCC2)ncc1C(F)(F)F. The van der Waals surface area contributed by atoms with Crippen LogP contribution in [0.3, 0.4) is 0 Å². The molecule has 5 nitrogen and oxygen atoms in total. The summed E-state index contributed by atoms with van der Waals surface area (Å²) in [4.78, 5) is 9.29. The van der Waals surface area contributed by atoms with Crippen LogP contribution in [0.15, 0.2) is 30.5 Å². The number of rotatable bonds is 6. The van der Waals surface area contributed by atoms with Crippen LogP contribution in [0.4, 0.5) is 24.7 Å². The Kier molecular flexibility index (Phi) is 5.96. The van der Waals surface area contributed by atoms with E-state index in [4.69, 9.17) is 9.47 Å². The molecule has 1 saturated carbocycles. The lowest BCUT2D eigenvalue weighted by molar-refractivity contribution is -0.137. The lowest BCUT2D eigenvalue weighted by Gasteiger charge is -2.25. The monoisotopic (exact) mass is 395 g/mol. The molecule has 1 fully saturated rings. The van der Waals surface area contributed by atoms with Gasteiger partial charge in [-0.15, -0.1) is 0 Å². The van der Waals surface area contributed by atoms with Crippen LogP contribution in [0.25, 0.3) is 0 Å². The highest BCUT2D eigenvalue weighted by molar-refractivity contribution is 5.68. The molecule has 0 bridgehead atoms. The number of halogens is 3. The van der Waals surface area contributed by atoms with E-state index in [0.29, 0.717) is 11.4 Å². The lowest BCUT2D eigenvalue weighted by atomic mass is 10.2. The van der Waals surface area contributed by atoms with Gasteiger partial charge in [0.15, 0.2) is 5.82 Å². The van der Waals surface area contributed by atoms with Gasteiger partial charge >= 0.3 is 12.2 Å². The molecular formula is C20H24F3N3O2. The number of aromatic nitrogens is 2. The second-order valence-corrected chi connectivity index (χ2v) is 7.11. The number of alkyl halides is 3. The van der Waals surface area contributed by atoms with E-state index in [2.05, 4.69) is 9.97 Å². The quantitative estimate of drug-likeness (QED) is 0.658. The molecule has 0 atom stereocenters. The van der Waals surface area contributed by atoms with Crippen molar-refractivity contribution in [3.05, 3.63) is 36.0 Å². The van der Waals surface area contributed by atoms with Gasteiger partial charge in [-0.3, -0.25) is 0 Å². The van der Waals surface area contributed by atoms with Gasteiger partial charge in [0, 0.05) is 13.2 Å². The molecule has 3 rings (SSSR count). The first kappa shape index (κ1) is 20.2. The molecule has 1 aliphatic rings. The van der Waals surface area contributed by atoms with Gasteiger partial charge in [0.2, 0.25) is 0 Å². The fraction of sp³-hybridized carbons (Fsp3) is 0.500. The summed E-state index contributed by atoms with van der Waals surface area (Å²) in [7, 11) is 1.53. The van der Waals surface area contributed by atoms with Crippen molar-refractivity contribution >= 4 is 11.5 Å². The minimum atomic E-state index is -4.59. The topological polar surface area (TPSA) is 47.5 Å². The number of benzene rings is 1. The van der Waals surface area contributed by atoms with E-state index in [1.807, 2.05) is 13.8 Å². The highest BCUT2D eigenvalue weighted by atomic mass is 19.4. The molecule has 0 saturated heterocycles. The molecule has 0 N–H and O–H groups in total. The summed E-state index contributed by atoms with van der Waals surface area (Å²) in [6.45, 7) is 3.71. The van der Waals surface area contributed by atoms with E-state index in [-0.39, 0.29) is 24.0 Å². The zero-order chi connectivity index (χ0) is 20.3. The zero-order valence-corrected chi connectivity index (χ0v) is 16.2. The summed E-state index contributed by atoms with van der Waals surface area (Å²) in [5.74, 6) is 0.209. The van der Waals surface area contributed by atoms with Crippen LogP contribution in [0, 0.1) is 0 Å². The van der Waals surface area contributed by atoms with E-state index in [0.717, 1.165) is 31.9 Å². The predicted octanol–water partition coefficient (Wildman–Crippen LogP) is 5.37. The molecule has 0 spiro atoms. The molecule has 2 aromatic rings. The van der Waals surface area contributed by atoms with Crippen molar-refractivity contribution < 1.29 is 22.6 Å². The van der Waals surface area contributed by atoms with Crippen LogP contribution in [0.5, 0.6) is 11.8 Å². The van der Waals surface area contributed by atoms with Crippen molar-refractivity contribution in [2.45, 2.75) is 57.9 Å². The molecular weight excluding hydrogens is 371 g/mol. The summed E-state index contributed by atoms with van der Waals surface area (Å²) in [6, 6.07) is 6.88. The molecule has 0 radical (unpaired) electrons. The smallest absolute Gasteiger partial charge is 0.421 e. The van der Waals surface area contributed by atoms with Crippen LogP contribution in [-0.4, -0.2) is 29.2 Å². The number of hydrogen-bond acceptors (Lipinski definition) is 5. The van der Waals surface area contributed by atoms with Crippen LogP contribution in [0.1, 0.15) is 45.1 Å². The van der Waals surface area contributed by atoms with Gasteiger partial charge < -0.3 is 14.4 Å². The van der Waals surface area contributed by atoms with Crippen molar-refractivity contribution in [1.82, 2.24) is 9.97 Å². The van der Waals surface area contributed by atoms with Crippen molar-refractivity contribution in [3.8, 4) is 11.8 Å². The molecule has 28 heavy (non-hydrogen) atoms. The van der Waals surface area contributed by atoms with Gasteiger partial charge in [-0.05, 0) is 51.7 Å². The van der Waals surface area contributed by atoms with Crippen molar-refractivity contribution in [2.75, 3.05) is 11.9 Å². The Balaban J connectivity index is 2.00. The number of ether oxygens (including phenoxy) is 2. The van der Waals surface area contributed by atoms with Gasteiger partial charge in [0.05, 0.1) is 11.8 Å². The first-order valence-corrected chi connectivity index (χ1v) is 9.36. The van der Waals surface area contributed by atoms with E-state index < -0.39 is 11.7 Å². The largest absolute Gasteiger partial charge is 0.489 e. The first-order valence-electron chi connectivity index (χ1n) is 9.36. The summed E-state index contributed by atoms with van der Waals surface area (Å²) in [6.07, 6.45) is -0.176. The Morgan fingerprint density at radius 1 is 1.14 bits per heavy atom. The lowest BCUT2D eigenvalue weighted by Crippen LogP contribution is -2.21. The number of para-hydroxylation sites is 2. The standard InChI is InChI=1S/C20H24F3N3O2/c1-13(2)27-17-11-7-6-10-16(17)26(3)18-15(20(21,22)23)12-24-19(25-18)28-14-8-4-5-9-14/h6-7,10-14H,4-5,8-9H2,1-3H3. The van der Waals surface area contributed by atoms with Gasteiger partial charge in [-0.25, -0.2) is 4.98 Å². The minimum Gasteiger partial charge on any atom is -0.489 e. The Bertz CT molecular complexity index is 806. The maximum atomic E-state index is 13.6. The Morgan fingerprint density at radius 3 is 2.46 bits per heavy atom. The summed E-state index contributed by atoms with van der Waals surface area (Å²) >= 11 is 0. The molecule has 0 amide bonds. The highest BCUT2D eigenvalue weighted by Gasteiger charge is 2.37. The number of hydrogen-bond donors (Lipinski definition) is 0. The molecule has 1 aliphatic carbocycles. The molecule has 152 valence electrons. The normalized spacial score (nSPS) is 15.1. The third kappa shape index (κ3) is 4.66. The molecule has 1 heterocycles. The van der Waals surface area contributed by atoms with Gasteiger partial charge in [0.1, 0.15) is 17.4 Å². The third-order valence-electron chi connectivity index (χ3n) is 4.53. The van der Waals surface area contributed by atoms with Gasteiger partial charge in [0.25, 0.3) is 0 Å². The zero-order valence-electron chi connectivity index (χ0n) is 16.2. The van der Waals surface area contributed by atoms with E-state index in [9.17, 15) is 13.2 Å². The number of nitrogens with zero attached hydrogens (tertiary/aromatic N) is 3. The summed E-state index contributed by atoms with van der Waals surface area (Å²) < 4.78 is 52.2. The molecule has 1 aromatic heterocycles. The first-order chi connectivity index (χ1) is 13.3. The van der Waals surface area contributed by atoms with Crippen molar-refractivity contribution in [3.63, 3.8) is 0 Å². The van der Waals surface area contributed by atoms with Crippen LogP contribution in [0.2, 0.25) is 0 Å². The number of anilines is 2. The average Bonchev–Trinajstić information content (AvgIpc) is 3.13. The molecule has 1 aromatic carbocycles. The van der Waals surface area contributed by atoms with Crippen LogP contribution in [-0.2, 0) is 6.18 Å². The van der Waals surface area contributed by atoms with Crippen LogP contribution < -0.4 is 14.4 Å². The summed E-state index contributed by atoms with van der Waals surface area (Å²) in [5, 5.41) is 0. The molecule has 0 unspecified atom stereocenters. The Labute approximate surface area is 162 Å². The molecule has 0 aliphatic heterocycles. The Morgan fingerprint density at radius 2 is 1.82 bits per heavy atom. The van der Waals surface area contributed by atoms with Crippen molar-refractivity contribution in [1.29, 1.82) is 0 Å². The minimum absolute atomic E-state index is 0.0380. The summed E-state index contributed by atoms with van der Waals surface area (Å²) in [5.41, 5.74) is -0.444. The fourth-order valence-electron chi connectivity index (χ4n) is 3.23. The van der Waals surface area contributed by atoms with E-state index in [1.165, 1.54) is 11.9 Å². The van der Waals surface area contributed by atoms with E-state index in [1.54, 1.807) is 24.3 Å². The maximum Gasteiger partial charge on any atom is 0.421 e. The van der Waals surface area contributed by atoms with Gasteiger partial charge in [-0.2, -0.15) is 18.2 Å². The van der Waals surface area contributed by atoms with E-state index >= 15 is 0 Å². The van der Waals surface area contributed by atoms with Gasteiger partial charge in [-0.1, -0.05) is 12.1 Å². The average molecular weight is 395 g/mol. The highest BCUT2D eigenvalue weighted by Crippen LogP contribution is 2.40. The van der Waals surface area contributed by atoms with Crippen LogP contribution >= 0.6 is 0 Å². The fourth-order valence-corrected chi connectivity index (χ4v) is 3.23. The second kappa shape index (κ2) is 8.24. The predicted molar refractivity (Wildman–Crippen MR) is 100 cm³/mol. The maximum absolute atomic E-state index is 13.6. The molecule has 8 heteroatoms. The third-order valence-corrected chi connectivity index (χ3v) is 4.53. The van der Waals surface area contributed by atoms with Crippen molar-refractivity contribution in [2.24, 2.45) is 0 Å². The second-order valence-electron chi connectivity index (χ2n) is 7.11.